The number of nitrogens with zero attached hydrogens (tertiary/aromatic N) is 1. The molecule has 0 bridgehead atoms. The lowest BCUT2D eigenvalue weighted by Crippen LogP contribution is -2.17. The molecule has 1 unspecified atom stereocenters. The summed E-state index contributed by atoms with van der Waals surface area (Å²) in [5.74, 6) is 0.897. The second-order valence-electron chi connectivity index (χ2n) is 5.05. The van der Waals surface area contributed by atoms with E-state index in [1.807, 2.05) is 26.0 Å². The molecule has 0 aliphatic heterocycles. The topological polar surface area (TPSA) is 34.1 Å². The Labute approximate surface area is 125 Å². The van der Waals surface area contributed by atoms with Gasteiger partial charge < -0.3 is 10.1 Å². The van der Waals surface area contributed by atoms with Crippen LogP contribution in [0.4, 0.5) is 0 Å². The van der Waals surface area contributed by atoms with Crippen LogP contribution in [0.25, 0.3) is 10.6 Å². The van der Waals surface area contributed by atoms with Gasteiger partial charge in [-0.3, -0.25) is 0 Å². The molecular formula is C16H22N2OS. The van der Waals surface area contributed by atoms with Crippen LogP contribution in [0.2, 0.25) is 0 Å². The molecule has 0 saturated heterocycles. The standard InChI is InChI=1S/C16H22N2OS/c1-5-17-12(4)15-10-20-16(18-15)13-7-6-8-14(9-13)19-11(2)3/h6-12,17H,5H2,1-4H3. The average molecular weight is 290 g/mol. The minimum absolute atomic E-state index is 0.186. The van der Waals surface area contributed by atoms with Crippen molar-refractivity contribution in [2.45, 2.75) is 39.8 Å². The number of aromatic nitrogens is 1. The molecule has 0 aliphatic carbocycles. The van der Waals surface area contributed by atoms with Crippen molar-refractivity contribution in [3.63, 3.8) is 0 Å². The number of hydrogen-bond donors (Lipinski definition) is 1. The van der Waals surface area contributed by atoms with E-state index in [4.69, 9.17) is 9.72 Å². The molecule has 1 N–H and O–H groups in total. The summed E-state index contributed by atoms with van der Waals surface area (Å²) in [6.45, 7) is 9.27. The van der Waals surface area contributed by atoms with Gasteiger partial charge in [0.2, 0.25) is 0 Å². The van der Waals surface area contributed by atoms with Gasteiger partial charge in [-0.25, -0.2) is 4.98 Å². The maximum Gasteiger partial charge on any atom is 0.123 e. The zero-order valence-corrected chi connectivity index (χ0v) is 13.3. The third kappa shape index (κ3) is 3.81. The van der Waals surface area contributed by atoms with Crippen molar-refractivity contribution in [1.29, 1.82) is 0 Å². The monoisotopic (exact) mass is 290 g/mol. The fourth-order valence-corrected chi connectivity index (χ4v) is 2.91. The van der Waals surface area contributed by atoms with E-state index in [0.717, 1.165) is 28.6 Å². The first-order valence-electron chi connectivity index (χ1n) is 7.06. The molecule has 2 aromatic rings. The van der Waals surface area contributed by atoms with Crippen molar-refractivity contribution >= 4 is 11.3 Å². The van der Waals surface area contributed by atoms with Crippen LogP contribution in [0.5, 0.6) is 5.75 Å². The average Bonchev–Trinajstić information content (AvgIpc) is 2.88. The minimum Gasteiger partial charge on any atom is -0.491 e. The summed E-state index contributed by atoms with van der Waals surface area (Å²) in [5, 5.41) is 6.55. The summed E-state index contributed by atoms with van der Waals surface area (Å²) in [5.41, 5.74) is 2.21. The van der Waals surface area contributed by atoms with Gasteiger partial charge in [0.25, 0.3) is 0 Å². The van der Waals surface area contributed by atoms with Gasteiger partial charge in [0, 0.05) is 17.0 Å². The summed E-state index contributed by atoms with van der Waals surface area (Å²) in [6, 6.07) is 8.43. The molecule has 4 heteroatoms. The van der Waals surface area contributed by atoms with Gasteiger partial charge in [-0.05, 0) is 39.4 Å². The van der Waals surface area contributed by atoms with Crippen molar-refractivity contribution in [2.24, 2.45) is 0 Å². The quantitative estimate of drug-likeness (QED) is 0.862. The van der Waals surface area contributed by atoms with Gasteiger partial charge in [-0.15, -0.1) is 11.3 Å². The van der Waals surface area contributed by atoms with Crippen LogP contribution in [-0.2, 0) is 0 Å². The Balaban J connectivity index is 2.19. The molecule has 0 spiro atoms. The summed E-state index contributed by atoms with van der Waals surface area (Å²) < 4.78 is 5.73. The maximum atomic E-state index is 5.73. The van der Waals surface area contributed by atoms with E-state index in [-0.39, 0.29) is 6.10 Å². The molecule has 3 nitrogen and oxygen atoms in total. The zero-order chi connectivity index (χ0) is 14.5. The van der Waals surface area contributed by atoms with Crippen LogP contribution >= 0.6 is 11.3 Å². The van der Waals surface area contributed by atoms with Gasteiger partial charge in [0.15, 0.2) is 0 Å². The third-order valence-corrected chi connectivity index (χ3v) is 3.84. The van der Waals surface area contributed by atoms with Crippen molar-refractivity contribution in [1.82, 2.24) is 10.3 Å². The van der Waals surface area contributed by atoms with Crippen molar-refractivity contribution < 1.29 is 4.74 Å². The highest BCUT2D eigenvalue weighted by molar-refractivity contribution is 7.13. The van der Waals surface area contributed by atoms with Gasteiger partial charge >= 0.3 is 0 Å². The van der Waals surface area contributed by atoms with Crippen molar-refractivity contribution in [3.05, 3.63) is 35.3 Å². The maximum absolute atomic E-state index is 5.73. The molecule has 20 heavy (non-hydrogen) atoms. The number of nitrogens with one attached hydrogen (secondary N) is 1. The first-order valence-corrected chi connectivity index (χ1v) is 7.94. The first kappa shape index (κ1) is 15.0. The van der Waals surface area contributed by atoms with Gasteiger partial charge in [-0.2, -0.15) is 0 Å². The second-order valence-corrected chi connectivity index (χ2v) is 5.91. The SMILES string of the molecule is CCNC(C)c1csc(-c2cccc(OC(C)C)c2)n1. The smallest absolute Gasteiger partial charge is 0.123 e. The molecular weight excluding hydrogens is 268 g/mol. The minimum atomic E-state index is 0.186. The predicted molar refractivity (Wildman–Crippen MR) is 85.4 cm³/mol. The highest BCUT2D eigenvalue weighted by Gasteiger charge is 2.10. The van der Waals surface area contributed by atoms with Crippen LogP contribution in [0.15, 0.2) is 29.6 Å². The molecule has 1 aromatic heterocycles. The summed E-state index contributed by atoms with van der Waals surface area (Å²) >= 11 is 1.68. The first-order chi connectivity index (χ1) is 9.60. The summed E-state index contributed by atoms with van der Waals surface area (Å²) in [4.78, 5) is 4.72. The predicted octanol–water partition coefficient (Wildman–Crippen LogP) is 4.27. The lowest BCUT2D eigenvalue weighted by molar-refractivity contribution is 0.242. The van der Waals surface area contributed by atoms with Gasteiger partial charge in [-0.1, -0.05) is 19.1 Å². The molecule has 0 saturated carbocycles. The number of ether oxygens (including phenoxy) is 1. The number of thiazole rings is 1. The molecule has 108 valence electrons. The fourth-order valence-electron chi connectivity index (χ4n) is 2.00. The number of rotatable bonds is 6. The highest BCUT2D eigenvalue weighted by atomic mass is 32.1. The summed E-state index contributed by atoms with van der Waals surface area (Å²) in [6.07, 6.45) is 0.186. The Morgan fingerprint density at radius 2 is 2.10 bits per heavy atom. The summed E-state index contributed by atoms with van der Waals surface area (Å²) in [7, 11) is 0. The van der Waals surface area contributed by atoms with E-state index < -0.39 is 0 Å². The highest BCUT2D eigenvalue weighted by Crippen LogP contribution is 2.29. The largest absolute Gasteiger partial charge is 0.491 e. The molecule has 1 heterocycles. The molecule has 1 aromatic carbocycles. The van der Waals surface area contributed by atoms with E-state index in [0.29, 0.717) is 6.04 Å². The van der Waals surface area contributed by atoms with E-state index in [2.05, 4.69) is 36.7 Å². The van der Waals surface area contributed by atoms with E-state index in [9.17, 15) is 0 Å². The van der Waals surface area contributed by atoms with E-state index >= 15 is 0 Å². The van der Waals surface area contributed by atoms with Gasteiger partial charge in [0.05, 0.1) is 11.8 Å². The molecule has 0 fully saturated rings. The van der Waals surface area contributed by atoms with Crippen LogP contribution in [-0.4, -0.2) is 17.6 Å². The zero-order valence-electron chi connectivity index (χ0n) is 12.5. The van der Waals surface area contributed by atoms with E-state index in [1.54, 1.807) is 11.3 Å². The van der Waals surface area contributed by atoms with Crippen molar-refractivity contribution in [2.75, 3.05) is 6.54 Å². The molecule has 0 radical (unpaired) electrons. The lowest BCUT2D eigenvalue weighted by Gasteiger charge is -2.10. The molecule has 2 rings (SSSR count). The number of benzene rings is 1. The van der Waals surface area contributed by atoms with Crippen LogP contribution < -0.4 is 10.1 Å². The fraction of sp³-hybridized carbons (Fsp3) is 0.438. The Morgan fingerprint density at radius 1 is 1.30 bits per heavy atom. The molecule has 1 atom stereocenters. The molecule has 0 aliphatic rings. The lowest BCUT2D eigenvalue weighted by atomic mass is 10.2. The van der Waals surface area contributed by atoms with Gasteiger partial charge in [0.1, 0.15) is 10.8 Å². The Kier molecular flexibility index (Phi) is 5.15. The Bertz CT molecular complexity index is 551. The van der Waals surface area contributed by atoms with E-state index in [1.165, 1.54) is 0 Å². The third-order valence-electron chi connectivity index (χ3n) is 2.93. The van der Waals surface area contributed by atoms with Crippen molar-refractivity contribution in [3.8, 4) is 16.3 Å². The van der Waals surface area contributed by atoms with Crippen LogP contribution in [0, 0.1) is 0 Å². The Morgan fingerprint density at radius 3 is 2.80 bits per heavy atom. The number of hydrogen-bond acceptors (Lipinski definition) is 4. The van der Waals surface area contributed by atoms with Crippen LogP contribution in [0.1, 0.15) is 39.4 Å². The Hall–Kier alpha value is -1.39. The molecule has 0 amide bonds. The normalized spacial score (nSPS) is 12.7. The van der Waals surface area contributed by atoms with Crippen LogP contribution in [0.3, 0.4) is 0 Å². The second kappa shape index (κ2) is 6.86.